The van der Waals surface area contributed by atoms with Crippen LogP contribution in [-0.4, -0.2) is 21.1 Å². The number of nitrogens with one attached hydrogen (secondary N) is 2. The van der Waals surface area contributed by atoms with Crippen LogP contribution in [0.15, 0.2) is 42.6 Å². The fourth-order valence-electron chi connectivity index (χ4n) is 3.09. The molecule has 0 bridgehead atoms. The molecule has 4 rings (SSSR count). The van der Waals surface area contributed by atoms with Gasteiger partial charge in [0, 0.05) is 22.1 Å². The van der Waals surface area contributed by atoms with Gasteiger partial charge in [-0.2, -0.15) is 13.2 Å². The maximum absolute atomic E-state index is 13.0. The molecule has 2 aromatic heterocycles. The van der Waals surface area contributed by atoms with E-state index >= 15 is 0 Å². The van der Waals surface area contributed by atoms with Crippen LogP contribution in [0.4, 0.5) is 24.8 Å². The van der Waals surface area contributed by atoms with Gasteiger partial charge >= 0.3 is 6.18 Å². The molecular weight excluding hydrogens is 391 g/mol. The molecule has 2 aromatic carbocycles. The van der Waals surface area contributed by atoms with Crippen molar-refractivity contribution < 1.29 is 13.2 Å². The molecule has 0 aliphatic carbocycles. The van der Waals surface area contributed by atoms with E-state index in [4.69, 9.17) is 18.2 Å². The van der Waals surface area contributed by atoms with E-state index in [1.165, 1.54) is 6.07 Å². The number of aromatic nitrogens is 3. The molecule has 0 atom stereocenters. The lowest BCUT2D eigenvalue weighted by atomic mass is 10.2. The molecule has 5 nitrogen and oxygen atoms in total. The zero-order valence-electron chi connectivity index (χ0n) is 14.3. The summed E-state index contributed by atoms with van der Waals surface area (Å²) in [4.78, 5) is 10.8. The third kappa shape index (κ3) is 3.25. The predicted molar refractivity (Wildman–Crippen MR) is 103 cm³/mol. The van der Waals surface area contributed by atoms with E-state index in [1.54, 1.807) is 22.9 Å². The van der Waals surface area contributed by atoms with Gasteiger partial charge in [-0.25, -0.2) is 11.6 Å². The molecule has 0 aliphatic heterocycles. The summed E-state index contributed by atoms with van der Waals surface area (Å²) < 4.78 is 40.8. The van der Waals surface area contributed by atoms with Crippen LogP contribution in [0.5, 0.6) is 0 Å². The zero-order chi connectivity index (χ0) is 19.9. The van der Waals surface area contributed by atoms with Gasteiger partial charge in [-0.05, 0) is 36.4 Å². The fraction of sp³-hybridized carbons (Fsp3) is 0.158. The highest BCUT2D eigenvalue weighted by Gasteiger charge is 2.31. The largest absolute Gasteiger partial charge is 0.416 e. The average Bonchev–Trinajstić information content (AvgIpc) is 3.20. The minimum absolute atomic E-state index is 0.181. The van der Waals surface area contributed by atoms with Crippen LogP contribution in [0.1, 0.15) is 5.56 Å². The number of halogens is 4. The van der Waals surface area contributed by atoms with Gasteiger partial charge in [-0.15, -0.1) is 0 Å². The zero-order valence-corrected chi connectivity index (χ0v) is 15.1. The van der Waals surface area contributed by atoms with E-state index in [0.717, 1.165) is 23.0 Å². The number of benzene rings is 2. The second-order valence-corrected chi connectivity index (χ2v) is 6.62. The monoisotopic (exact) mass is 403 g/mol. The van der Waals surface area contributed by atoms with E-state index in [2.05, 4.69) is 20.1 Å². The first-order chi connectivity index (χ1) is 13.4. The number of fused-ring (bicyclic) bond motifs is 2. The number of anilines is 2. The molecular formula is C19H13ClF3N5. The number of alkyl halides is 3. The van der Waals surface area contributed by atoms with Crippen molar-refractivity contribution in [2.24, 2.45) is 0 Å². The molecule has 0 amide bonds. The van der Waals surface area contributed by atoms with Crippen molar-refractivity contribution in [2.45, 2.75) is 12.7 Å². The highest BCUT2D eigenvalue weighted by molar-refractivity contribution is 6.31. The SMILES string of the molecule is [C-]#[N+]CCn1c(Nc2c[nH]c3ccc(Cl)cc23)nc2cc(C(F)(F)F)ccc21. The highest BCUT2D eigenvalue weighted by atomic mass is 35.5. The molecule has 28 heavy (non-hydrogen) atoms. The maximum Gasteiger partial charge on any atom is 0.416 e. The van der Waals surface area contributed by atoms with E-state index in [1.807, 2.05) is 6.07 Å². The summed E-state index contributed by atoms with van der Waals surface area (Å²) in [5.41, 5.74) is 1.51. The molecule has 0 aliphatic rings. The number of hydrogen-bond acceptors (Lipinski definition) is 2. The number of hydrogen-bond donors (Lipinski definition) is 2. The number of rotatable bonds is 4. The normalized spacial score (nSPS) is 11.8. The second kappa shape index (κ2) is 6.77. The Kier molecular flexibility index (Phi) is 4.40. The van der Waals surface area contributed by atoms with Crippen molar-refractivity contribution in [3.05, 3.63) is 64.6 Å². The summed E-state index contributed by atoms with van der Waals surface area (Å²) in [6.45, 7) is 7.51. The van der Waals surface area contributed by atoms with Gasteiger partial charge in [0.1, 0.15) is 0 Å². The second-order valence-electron chi connectivity index (χ2n) is 6.19. The Balaban J connectivity index is 1.82. The fourth-order valence-corrected chi connectivity index (χ4v) is 3.27. The quantitative estimate of drug-likeness (QED) is 0.420. The van der Waals surface area contributed by atoms with Crippen molar-refractivity contribution >= 4 is 45.2 Å². The van der Waals surface area contributed by atoms with Crippen molar-refractivity contribution in [2.75, 3.05) is 11.9 Å². The predicted octanol–water partition coefficient (Wildman–Crippen LogP) is 5.85. The smallest absolute Gasteiger partial charge is 0.359 e. The number of imidazole rings is 1. The van der Waals surface area contributed by atoms with Crippen molar-refractivity contribution in [3.63, 3.8) is 0 Å². The van der Waals surface area contributed by atoms with Gasteiger partial charge in [0.25, 0.3) is 0 Å². The molecule has 0 saturated carbocycles. The van der Waals surface area contributed by atoms with Crippen LogP contribution in [0, 0.1) is 6.57 Å². The van der Waals surface area contributed by atoms with E-state index in [0.29, 0.717) is 28.7 Å². The van der Waals surface area contributed by atoms with Crippen LogP contribution in [0.2, 0.25) is 5.02 Å². The Morgan fingerprint density at radius 3 is 2.79 bits per heavy atom. The third-order valence-electron chi connectivity index (χ3n) is 4.40. The first kappa shape index (κ1) is 18.2. The van der Waals surface area contributed by atoms with E-state index in [-0.39, 0.29) is 12.1 Å². The molecule has 0 spiro atoms. The first-order valence-corrected chi connectivity index (χ1v) is 8.69. The van der Waals surface area contributed by atoms with Gasteiger partial charge in [0.2, 0.25) is 12.5 Å². The van der Waals surface area contributed by atoms with Gasteiger partial charge in [-0.3, -0.25) is 0 Å². The molecule has 9 heteroatoms. The van der Waals surface area contributed by atoms with E-state index in [9.17, 15) is 13.2 Å². The number of aromatic amines is 1. The van der Waals surface area contributed by atoms with Gasteiger partial charge < -0.3 is 19.7 Å². The van der Waals surface area contributed by atoms with Gasteiger partial charge in [0.05, 0.1) is 28.8 Å². The molecule has 4 aromatic rings. The van der Waals surface area contributed by atoms with Crippen LogP contribution >= 0.6 is 11.6 Å². The van der Waals surface area contributed by atoms with Gasteiger partial charge in [-0.1, -0.05) is 11.6 Å². The van der Waals surface area contributed by atoms with Crippen LogP contribution in [0.3, 0.4) is 0 Å². The standard InChI is InChI=1S/C19H13ClF3N5/c1-24-6-7-28-17-5-2-11(19(21,22)23)8-15(17)26-18(28)27-16-10-25-14-4-3-12(20)9-13(14)16/h2-5,8-10,25H,6-7H2,(H,26,27). The maximum atomic E-state index is 13.0. The van der Waals surface area contributed by atoms with E-state index < -0.39 is 11.7 Å². The topological polar surface area (TPSA) is 50.0 Å². The van der Waals surface area contributed by atoms with Crippen molar-refractivity contribution in [1.29, 1.82) is 0 Å². The molecule has 2 N–H and O–H groups in total. The minimum atomic E-state index is -4.45. The number of H-pyrrole nitrogens is 1. The van der Waals surface area contributed by atoms with Gasteiger partial charge in [0.15, 0.2) is 0 Å². The lowest BCUT2D eigenvalue weighted by Crippen LogP contribution is -2.06. The summed E-state index contributed by atoms with van der Waals surface area (Å²) in [5, 5.41) is 4.54. The molecule has 2 heterocycles. The summed E-state index contributed by atoms with van der Waals surface area (Å²) in [6.07, 6.45) is -2.71. The molecule has 0 unspecified atom stereocenters. The van der Waals surface area contributed by atoms with Crippen LogP contribution in [-0.2, 0) is 12.7 Å². The Hall–Kier alpha value is -3.18. The summed E-state index contributed by atoms with van der Waals surface area (Å²) in [5.74, 6) is 0.360. The Morgan fingerprint density at radius 1 is 1.21 bits per heavy atom. The Labute approximate surface area is 162 Å². The Morgan fingerprint density at radius 2 is 2.04 bits per heavy atom. The Bertz CT molecular complexity index is 1220. The lowest BCUT2D eigenvalue weighted by molar-refractivity contribution is -0.137. The third-order valence-corrected chi connectivity index (χ3v) is 4.64. The minimum Gasteiger partial charge on any atom is -0.359 e. The van der Waals surface area contributed by atoms with Crippen LogP contribution in [0.25, 0.3) is 26.8 Å². The lowest BCUT2D eigenvalue weighted by Gasteiger charge is -2.08. The molecule has 0 radical (unpaired) electrons. The number of nitrogens with zero attached hydrogens (tertiary/aromatic N) is 3. The molecule has 0 saturated heterocycles. The summed E-state index contributed by atoms with van der Waals surface area (Å²) in [7, 11) is 0. The summed E-state index contributed by atoms with van der Waals surface area (Å²) >= 11 is 6.07. The molecule has 0 fully saturated rings. The first-order valence-electron chi connectivity index (χ1n) is 8.31. The molecule has 142 valence electrons. The van der Waals surface area contributed by atoms with Crippen molar-refractivity contribution in [3.8, 4) is 0 Å². The summed E-state index contributed by atoms with van der Waals surface area (Å²) in [6, 6.07) is 8.79. The average molecular weight is 404 g/mol. The highest BCUT2D eigenvalue weighted by Crippen LogP contribution is 2.34. The van der Waals surface area contributed by atoms with Crippen LogP contribution < -0.4 is 5.32 Å². The van der Waals surface area contributed by atoms with Crippen molar-refractivity contribution in [1.82, 2.24) is 14.5 Å².